The summed E-state index contributed by atoms with van der Waals surface area (Å²) < 4.78 is 0. The fourth-order valence-corrected chi connectivity index (χ4v) is 3.59. The van der Waals surface area contributed by atoms with Crippen molar-refractivity contribution in [1.29, 1.82) is 0 Å². The van der Waals surface area contributed by atoms with Crippen molar-refractivity contribution in [2.75, 3.05) is 0 Å². The van der Waals surface area contributed by atoms with Crippen LogP contribution in [0, 0.1) is 11.8 Å². The third kappa shape index (κ3) is 1.92. The molecule has 0 amide bonds. The van der Waals surface area contributed by atoms with E-state index in [0.29, 0.717) is 11.3 Å². The first kappa shape index (κ1) is 12.7. The van der Waals surface area contributed by atoms with Crippen LogP contribution in [0.3, 0.4) is 0 Å². The molecule has 0 spiro atoms. The van der Waals surface area contributed by atoms with E-state index >= 15 is 0 Å². The van der Waals surface area contributed by atoms with Gasteiger partial charge in [-0.15, -0.1) is 0 Å². The zero-order valence-corrected chi connectivity index (χ0v) is 12.0. The van der Waals surface area contributed by atoms with Gasteiger partial charge in [0.1, 0.15) is 0 Å². The third-order valence-corrected chi connectivity index (χ3v) is 5.37. The Morgan fingerprint density at radius 3 is 2.59 bits per heavy atom. The molecule has 0 radical (unpaired) electrons. The van der Waals surface area contributed by atoms with Crippen LogP contribution in [0.4, 0.5) is 0 Å². The van der Waals surface area contributed by atoms with Gasteiger partial charge in [0.15, 0.2) is 0 Å². The van der Waals surface area contributed by atoms with E-state index < -0.39 is 0 Å². The van der Waals surface area contributed by atoms with Crippen LogP contribution in [0.2, 0.25) is 0 Å². The largest absolute Gasteiger partial charge is 0.0651 e. The van der Waals surface area contributed by atoms with Crippen molar-refractivity contribution in [3.8, 4) is 0 Å². The van der Waals surface area contributed by atoms with Crippen LogP contribution in [-0.4, -0.2) is 0 Å². The van der Waals surface area contributed by atoms with Gasteiger partial charge in [-0.05, 0) is 40.7 Å². The molecule has 1 aromatic carbocycles. The molecule has 4 unspecified atom stereocenters. The van der Waals surface area contributed by atoms with E-state index in [-0.39, 0.29) is 0 Å². The maximum atomic E-state index is 2.47. The van der Waals surface area contributed by atoms with Crippen molar-refractivity contribution in [3.05, 3.63) is 35.4 Å². The third-order valence-electron chi connectivity index (χ3n) is 5.37. The minimum atomic E-state index is 0.372. The molecular formula is C17H26. The molecule has 0 nitrogen and oxygen atoms in total. The molecule has 1 aliphatic rings. The summed E-state index contributed by atoms with van der Waals surface area (Å²) in [6.07, 6.45) is 2.60. The molecule has 2 rings (SSSR count). The second kappa shape index (κ2) is 4.48. The highest BCUT2D eigenvalue weighted by Gasteiger charge is 2.40. The first-order chi connectivity index (χ1) is 8.00. The average molecular weight is 230 g/mol. The van der Waals surface area contributed by atoms with Gasteiger partial charge >= 0.3 is 0 Å². The maximum Gasteiger partial charge on any atom is -0.00442 e. The van der Waals surface area contributed by atoms with E-state index in [0.717, 1.165) is 11.8 Å². The average Bonchev–Trinajstić information content (AvgIpc) is 2.35. The van der Waals surface area contributed by atoms with Gasteiger partial charge in [-0.25, -0.2) is 0 Å². The Morgan fingerprint density at radius 1 is 1.29 bits per heavy atom. The van der Waals surface area contributed by atoms with E-state index in [1.165, 1.54) is 12.8 Å². The normalized spacial score (nSPS) is 34.2. The molecule has 0 heteroatoms. The quantitative estimate of drug-likeness (QED) is 0.660. The predicted octanol–water partition coefficient (Wildman–Crippen LogP) is 5.13. The first-order valence-electron chi connectivity index (χ1n) is 7.10. The summed E-state index contributed by atoms with van der Waals surface area (Å²) in [6, 6.07) is 9.12. The zero-order chi connectivity index (χ0) is 12.6. The van der Waals surface area contributed by atoms with Crippen molar-refractivity contribution in [2.24, 2.45) is 11.8 Å². The van der Waals surface area contributed by atoms with Gasteiger partial charge in [0, 0.05) is 0 Å². The fraction of sp³-hybridized carbons (Fsp3) is 0.647. The number of hydrogen-bond acceptors (Lipinski definition) is 0. The SMILES string of the molecule is CCC(C)C1(C)CC(C)C(C)c2ccccc21. The van der Waals surface area contributed by atoms with Crippen LogP contribution >= 0.6 is 0 Å². The summed E-state index contributed by atoms with van der Waals surface area (Å²) in [6.45, 7) is 12.0. The highest BCUT2D eigenvalue weighted by molar-refractivity contribution is 5.39. The molecule has 0 fully saturated rings. The number of hydrogen-bond donors (Lipinski definition) is 0. The minimum absolute atomic E-state index is 0.372. The van der Waals surface area contributed by atoms with Crippen LogP contribution in [-0.2, 0) is 5.41 Å². The summed E-state index contributed by atoms with van der Waals surface area (Å²) in [4.78, 5) is 0. The van der Waals surface area contributed by atoms with Gasteiger partial charge in [-0.3, -0.25) is 0 Å². The topological polar surface area (TPSA) is 0 Å². The number of fused-ring (bicyclic) bond motifs is 1. The van der Waals surface area contributed by atoms with Crippen molar-refractivity contribution < 1.29 is 0 Å². The summed E-state index contributed by atoms with van der Waals surface area (Å²) in [7, 11) is 0. The smallest absolute Gasteiger partial charge is 0.00442 e. The maximum absolute atomic E-state index is 2.47. The fourth-order valence-electron chi connectivity index (χ4n) is 3.59. The first-order valence-corrected chi connectivity index (χ1v) is 7.10. The lowest BCUT2D eigenvalue weighted by Gasteiger charge is -2.46. The van der Waals surface area contributed by atoms with Gasteiger partial charge in [-0.1, -0.05) is 65.3 Å². The monoisotopic (exact) mass is 230 g/mol. The molecule has 1 aromatic rings. The Balaban J connectivity index is 2.54. The van der Waals surface area contributed by atoms with Crippen molar-refractivity contribution in [2.45, 2.75) is 58.8 Å². The Hall–Kier alpha value is -0.780. The molecular weight excluding hydrogens is 204 g/mol. The lowest BCUT2D eigenvalue weighted by atomic mass is 9.59. The molecule has 0 heterocycles. The van der Waals surface area contributed by atoms with Crippen LogP contribution in [0.1, 0.15) is 64.5 Å². The molecule has 0 aromatic heterocycles. The molecule has 0 saturated carbocycles. The molecule has 0 N–H and O–H groups in total. The van der Waals surface area contributed by atoms with E-state index in [9.17, 15) is 0 Å². The lowest BCUT2D eigenvalue weighted by molar-refractivity contribution is 0.210. The Labute approximate surface area is 106 Å². The second-order valence-corrected chi connectivity index (χ2v) is 6.28. The van der Waals surface area contributed by atoms with Gasteiger partial charge < -0.3 is 0 Å². The molecule has 17 heavy (non-hydrogen) atoms. The molecule has 0 saturated heterocycles. The molecule has 0 bridgehead atoms. The summed E-state index contributed by atoms with van der Waals surface area (Å²) in [5.41, 5.74) is 3.58. The van der Waals surface area contributed by atoms with E-state index in [1.807, 2.05) is 0 Å². The van der Waals surface area contributed by atoms with E-state index in [4.69, 9.17) is 0 Å². The standard InChI is InChI=1S/C17H26/c1-6-13(3)17(5)11-12(2)14(4)15-9-7-8-10-16(15)17/h7-10,12-14H,6,11H2,1-5H3. The molecule has 0 aliphatic heterocycles. The number of rotatable bonds is 2. The van der Waals surface area contributed by atoms with Crippen LogP contribution in [0.5, 0.6) is 0 Å². The summed E-state index contributed by atoms with van der Waals surface area (Å²) in [5.74, 6) is 2.27. The molecule has 94 valence electrons. The highest BCUT2D eigenvalue weighted by Crippen LogP contribution is 2.49. The van der Waals surface area contributed by atoms with Crippen molar-refractivity contribution >= 4 is 0 Å². The summed E-state index contributed by atoms with van der Waals surface area (Å²) >= 11 is 0. The number of benzene rings is 1. The molecule has 4 atom stereocenters. The van der Waals surface area contributed by atoms with E-state index in [1.54, 1.807) is 11.1 Å². The lowest BCUT2D eigenvalue weighted by Crippen LogP contribution is -2.38. The Morgan fingerprint density at radius 2 is 1.94 bits per heavy atom. The van der Waals surface area contributed by atoms with Crippen molar-refractivity contribution in [1.82, 2.24) is 0 Å². The van der Waals surface area contributed by atoms with Crippen LogP contribution in [0.25, 0.3) is 0 Å². The Kier molecular flexibility index (Phi) is 3.34. The second-order valence-electron chi connectivity index (χ2n) is 6.28. The van der Waals surface area contributed by atoms with Gasteiger partial charge in [0.2, 0.25) is 0 Å². The van der Waals surface area contributed by atoms with Gasteiger partial charge in [0.25, 0.3) is 0 Å². The van der Waals surface area contributed by atoms with Crippen LogP contribution < -0.4 is 0 Å². The Bertz CT molecular complexity index is 393. The molecule has 1 aliphatic carbocycles. The van der Waals surface area contributed by atoms with Crippen molar-refractivity contribution in [3.63, 3.8) is 0 Å². The summed E-state index contributed by atoms with van der Waals surface area (Å²) in [5, 5.41) is 0. The van der Waals surface area contributed by atoms with Gasteiger partial charge in [-0.2, -0.15) is 0 Å². The zero-order valence-electron chi connectivity index (χ0n) is 12.0. The van der Waals surface area contributed by atoms with Crippen LogP contribution in [0.15, 0.2) is 24.3 Å². The minimum Gasteiger partial charge on any atom is -0.0651 e. The predicted molar refractivity (Wildman–Crippen MR) is 75.4 cm³/mol. The highest BCUT2D eigenvalue weighted by atomic mass is 14.4. The van der Waals surface area contributed by atoms with E-state index in [2.05, 4.69) is 58.9 Å². The van der Waals surface area contributed by atoms with Gasteiger partial charge in [0.05, 0.1) is 0 Å².